The summed E-state index contributed by atoms with van der Waals surface area (Å²) >= 11 is 6.11. The predicted molar refractivity (Wildman–Crippen MR) is 94.8 cm³/mol. The minimum atomic E-state index is -1.03. The number of amides is 1. The second kappa shape index (κ2) is 8.25. The van der Waals surface area contributed by atoms with Crippen molar-refractivity contribution in [3.05, 3.63) is 28.8 Å². The number of carbonyl (C=O) groups is 1. The zero-order chi connectivity index (χ0) is 18.6. The standard InChI is InChI=1S/C18H26ClNO5/c1-18(2,3)25-17(22)20-9-5-6-15(16(20)21)24-11-12-7-8-14(23-4)13(19)10-12/h7-8,10,15-16,21H,5-6,9,11H2,1-4H3. The lowest BCUT2D eigenvalue weighted by Crippen LogP contribution is -2.53. The van der Waals surface area contributed by atoms with E-state index in [1.165, 1.54) is 4.90 Å². The van der Waals surface area contributed by atoms with Crippen LogP contribution in [0.25, 0.3) is 0 Å². The molecule has 1 aromatic rings. The van der Waals surface area contributed by atoms with E-state index in [9.17, 15) is 9.90 Å². The van der Waals surface area contributed by atoms with Gasteiger partial charge in [0.1, 0.15) is 17.5 Å². The highest BCUT2D eigenvalue weighted by Crippen LogP contribution is 2.27. The summed E-state index contributed by atoms with van der Waals surface area (Å²) in [6, 6.07) is 5.39. The van der Waals surface area contributed by atoms with E-state index < -0.39 is 24.0 Å². The number of hydrogen-bond acceptors (Lipinski definition) is 5. The monoisotopic (exact) mass is 371 g/mol. The second-order valence-corrected chi connectivity index (χ2v) is 7.46. The van der Waals surface area contributed by atoms with Gasteiger partial charge in [-0.05, 0) is 51.3 Å². The molecule has 1 heterocycles. The summed E-state index contributed by atoms with van der Waals surface area (Å²) in [7, 11) is 1.56. The van der Waals surface area contributed by atoms with E-state index in [1.54, 1.807) is 40.0 Å². The summed E-state index contributed by atoms with van der Waals surface area (Å²) in [6.45, 7) is 6.12. The number of carbonyl (C=O) groups excluding carboxylic acids is 1. The normalized spacial score (nSPS) is 21.1. The van der Waals surface area contributed by atoms with Gasteiger partial charge in [0.25, 0.3) is 0 Å². The molecular weight excluding hydrogens is 346 g/mol. The van der Waals surface area contributed by atoms with Crippen molar-refractivity contribution in [3.8, 4) is 5.75 Å². The molecule has 1 aliphatic heterocycles. The molecule has 140 valence electrons. The largest absolute Gasteiger partial charge is 0.495 e. The molecule has 25 heavy (non-hydrogen) atoms. The number of nitrogens with zero attached hydrogens (tertiary/aromatic N) is 1. The Morgan fingerprint density at radius 1 is 1.40 bits per heavy atom. The van der Waals surface area contributed by atoms with Crippen molar-refractivity contribution in [3.63, 3.8) is 0 Å². The predicted octanol–water partition coefficient (Wildman–Crippen LogP) is 3.58. The first-order chi connectivity index (χ1) is 11.7. The van der Waals surface area contributed by atoms with Gasteiger partial charge in [0.05, 0.1) is 18.7 Å². The fourth-order valence-electron chi connectivity index (χ4n) is 2.64. The number of methoxy groups -OCH3 is 1. The molecule has 6 nitrogen and oxygen atoms in total. The number of benzene rings is 1. The molecule has 7 heteroatoms. The van der Waals surface area contributed by atoms with Gasteiger partial charge in [-0.1, -0.05) is 17.7 Å². The molecule has 1 aliphatic rings. The fourth-order valence-corrected chi connectivity index (χ4v) is 2.92. The Morgan fingerprint density at radius 2 is 2.12 bits per heavy atom. The van der Waals surface area contributed by atoms with E-state index in [0.717, 1.165) is 12.0 Å². The van der Waals surface area contributed by atoms with E-state index >= 15 is 0 Å². The average molecular weight is 372 g/mol. The van der Waals surface area contributed by atoms with Gasteiger partial charge in [0, 0.05) is 6.54 Å². The van der Waals surface area contributed by atoms with Gasteiger partial charge in [-0.2, -0.15) is 0 Å². The lowest BCUT2D eigenvalue weighted by Gasteiger charge is -2.38. The SMILES string of the molecule is COc1ccc(COC2CCCN(C(=O)OC(C)(C)C)C2O)cc1Cl. The molecule has 1 N–H and O–H groups in total. The van der Waals surface area contributed by atoms with Crippen molar-refractivity contribution in [2.45, 2.75) is 58.2 Å². The molecule has 2 rings (SSSR count). The third kappa shape index (κ3) is 5.49. The number of halogens is 1. The first kappa shape index (κ1) is 19.8. The van der Waals surface area contributed by atoms with E-state index in [0.29, 0.717) is 23.7 Å². The average Bonchev–Trinajstić information content (AvgIpc) is 2.52. The molecular formula is C18H26ClNO5. The highest BCUT2D eigenvalue weighted by molar-refractivity contribution is 6.32. The Morgan fingerprint density at radius 3 is 2.72 bits per heavy atom. The molecule has 0 spiro atoms. The number of hydrogen-bond donors (Lipinski definition) is 1. The van der Waals surface area contributed by atoms with Crippen molar-refractivity contribution < 1.29 is 24.1 Å². The van der Waals surface area contributed by atoms with Crippen LogP contribution in [-0.4, -0.2) is 47.7 Å². The Hall–Kier alpha value is -1.50. The van der Waals surface area contributed by atoms with Crippen LogP contribution in [0, 0.1) is 0 Å². The van der Waals surface area contributed by atoms with Crippen LogP contribution < -0.4 is 4.74 Å². The van der Waals surface area contributed by atoms with E-state index in [1.807, 2.05) is 6.07 Å². The van der Waals surface area contributed by atoms with Crippen LogP contribution >= 0.6 is 11.6 Å². The summed E-state index contributed by atoms with van der Waals surface area (Å²) in [4.78, 5) is 13.5. The summed E-state index contributed by atoms with van der Waals surface area (Å²) < 4.78 is 16.3. The van der Waals surface area contributed by atoms with Crippen molar-refractivity contribution in [1.29, 1.82) is 0 Å². The maximum atomic E-state index is 12.2. The smallest absolute Gasteiger partial charge is 0.412 e. The summed E-state index contributed by atoms with van der Waals surface area (Å²) in [5, 5.41) is 11.0. The molecule has 2 unspecified atom stereocenters. The highest BCUT2D eigenvalue weighted by Gasteiger charge is 2.35. The number of aliphatic hydroxyl groups is 1. The first-order valence-corrected chi connectivity index (χ1v) is 8.71. The highest BCUT2D eigenvalue weighted by atomic mass is 35.5. The topological polar surface area (TPSA) is 68.2 Å². The first-order valence-electron chi connectivity index (χ1n) is 8.33. The molecule has 1 saturated heterocycles. The second-order valence-electron chi connectivity index (χ2n) is 7.05. The minimum Gasteiger partial charge on any atom is -0.495 e. The third-order valence-electron chi connectivity index (χ3n) is 3.85. The zero-order valence-corrected chi connectivity index (χ0v) is 15.9. The van der Waals surface area contributed by atoms with Crippen molar-refractivity contribution in [1.82, 2.24) is 4.90 Å². The summed E-state index contributed by atoms with van der Waals surface area (Å²) in [6.07, 6.45) is -0.616. The summed E-state index contributed by atoms with van der Waals surface area (Å²) in [5.74, 6) is 0.596. The Labute approximate surface area is 153 Å². The van der Waals surface area contributed by atoms with E-state index in [4.69, 9.17) is 25.8 Å². The molecule has 0 saturated carbocycles. The Bertz CT molecular complexity index is 602. The molecule has 0 aromatic heterocycles. The molecule has 1 fully saturated rings. The van der Waals surface area contributed by atoms with Crippen LogP contribution in [-0.2, 0) is 16.1 Å². The maximum absolute atomic E-state index is 12.2. The molecule has 0 radical (unpaired) electrons. The van der Waals surface area contributed by atoms with Crippen LogP contribution in [0.3, 0.4) is 0 Å². The van der Waals surface area contributed by atoms with Gasteiger partial charge < -0.3 is 19.3 Å². The van der Waals surface area contributed by atoms with Gasteiger partial charge in [-0.25, -0.2) is 4.79 Å². The van der Waals surface area contributed by atoms with Crippen LogP contribution in [0.2, 0.25) is 5.02 Å². The van der Waals surface area contributed by atoms with Gasteiger partial charge in [-0.3, -0.25) is 4.90 Å². The van der Waals surface area contributed by atoms with E-state index in [-0.39, 0.29) is 6.61 Å². The molecule has 2 atom stereocenters. The molecule has 1 amide bonds. The van der Waals surface area contributed by atoms with Gasteiger partial charge in [-0.15, -0.1) is 0 Å². The number of piperidine rings is 1. The van der Waals surface area contributed by atoms with Gasteiger partial charge in [0.15, 0.2) is 6.23 Å². The number of likely N-dealkylation sites (tertiary alicyclic amines) is 1. The lowest BCUT2D eigenvalue weighted by atomic mass is 10.1. The third-order valence-corrected chi connectivity index (χ3v) is 4.14. The van der Waals surface area contributed by atoms with Crippen molar-refractivity contribution in [2.75, 3.05) is 13.7 Å². The Balaban J connectivity index is 1.95. The van der Waals surface area contributed by atoms with Crippen LogP contribution in [0.5, 0.6) is 5.75 Å². The van der Waals surface area contributed by atoms with Gasteiger partial charge in [0.2, 0.25) is 0 Å². The van der Waals surface area contributed by atoms with Crippen molar-refractivity contribution in [2.24, 2.45) is 0 Å². The van der Waals surface area contributed by atoms with E-state index in [2.05, 4.69) is 0 Å². The molecule has 1 aromatic carbocycles. The lowest BCUT2D eigenvalue weighted by molar-refractivity contribution is -0.134. The van der Waals surface area contributed by atoms with Gasteiger partial charge >= 0.3 is 6.09 Å². The zero-order valence-electron chi connectivity index (χ0n) is 15.1. The Kier molecular flexibility index (Phi) is 6.54. The van der Waals surface area contributed by atoms with Crippen molar-refractivity contribution >= 4 is 17.7 Å². The number of ether oxygens (including phenoxy) is 3. The summed E-state index contributed by atoms with van der Waals surface area (Å²) in [5.41, 5.74) is 0.261. The minimum absolute atomic E-state index is 0.285. The fraction of sp³-hybridized carbons (Fsp3) is 0.611. The quantitative estimate of drug-likeness (QED) is 0.876. The van der Waals surface area contributed by atoms with Crippen LogP contribution in [0.4, 0.5) is 4.79 Å². The van der Waals surface area contributed by atoms with Crippen LogP contribution in [0.1, 0.15) is 39.2 Å². The number of aliphatic hydroxyl groups excluding tert-OH is 1. The molecule has 0 bridgehead atoms. The number of rotatable bonds is 4. The maximum Gasteiger partial charge on any atom is 0.412 e. The molecule has 0 aliphatic carbocycles. The van der Waals surface area contributed by atoms with Crippen LogP contribution in [0.15, 0.2) is 18.2 Å².